The highest BCUT2D eigenvalue weighted by Crippen LogP contribution is 2.34. The first-order valence-corrected chi connectivity index (χ1v) is 8.61. The van der Waals surface area contributed by atoms with Crippen molar-refractivity contribution in [1.82, 2.24) is 19.9 Å². The molecule has 0 unspecified atom stereocenters. The third kappa shape index (κ3) is 3.97. The quantitative estimate of drug-likeness (QED) is 0.654. The summed E-state index contributed by atoms with van der Waals surface area (Å²) in [7, 11) is 1.45. The van der Waals surface area contributed by atoms with Gasteiger partial charge in [-0.05, 0) is 36.9 Å². The smallest absolute Gasteiger partial charge is 0.245 e. The fourth-order valence-corrected chi connectivity index (χ4v) is 2.71. The number of alkyl halides is 3. The molecule has 9 heteroatoms. The van der Waals surface area contributed by atoms with Gasteiger partial charge in [0.1, 0.15) is 11.6 Å². The fourth-order valence-electron chi connectivity index (χ4n) is 2.71. The third-order valence-corrected chi connectivity index (χ3v) is 4.27. The van der Waals surface area contributed by atoms with Gasteiger partial charge in [-0.1, -0.05) is 6.92 Å². The second-order valence-electron chi connectivity index (χ2n) is 6.82. The van der Waals surface area contributed by atoms with E-state index in [1.54, 1.807) is 12.1 Å². The Labute approximate surface area is 160 Å². The van der Waals surface area contributed by atoms with Crippen molar-refractivity contribution in [1.29, 1.82) is 0 Å². The number of halogens is 3. The van der Waals surface area contributed by atoms with Crippen molar-refractivity contribution in [2.75, 3.05) is 12.4 Å². The van der Waals surface area contributed by atoms with E-state index in [0.29, 0.717) is 33.9 Å². The van der Waals surface area contributed by atoms with E-state index in [4.69, 9.17) is 4.74 Å². The number of anilines is 2. The van der Waals surface area contributed by atoms with Gasteiger partial charge < -0.3 is 10.1 Å². The molecular weight excluding hydrogens is 371 g/mol. The Morgan fingerprint density at radius 3 is 2.46 bits per heavy atom. The maximum absolute atomic E-state index is 14.1. The predicted molar refractivity (Wildman–Crippen MR) is 100.0 cm³/mol. The molecule has 148 valence electrons. The zero-order valence-corrected chi connectivity index (χ0v) is 15.9. The van der Waals surface area contributed by atoms with Crippen LogP contribution in [0.5, 0.6) is 5.88 Å². The van der Waals surface area contributed by atoms with Crippen LogP contribution in [0.4, 0.5) is 24.8 Å². The summed E-state index contributed by atoms with van der Waals surface area (Å²) in [5.74, 6) is 0.00456. The highest BCUT2D eigenvalue weighted by molar-refractivity contribution is 5.91. The monoisotopic (exact) mass is 391 g/mol. The van der Waals surface area contributed by atoms with E-state index in [-0.39, 0.29) is 5.82 Å². The molecule has 0 radical (unpaired) electrons. The summed E-state index contributed by atoms with van der Waals surface area (Å²) in [4.78, 5) is 16.4. The molecule has 3 heterocycles. The number of nitrogens with one attached hydrogen (secondary N) is 1. The SMILES string of the molecule is COc1ncc([C@@H](C)C(F)F)c2cc(Nc3ccnc(C(C)(C)F)n3)ncc12. The molecule has 0 amide bonds. The number of rotatable bonds is 6. The molecule has 1 atom stereocenters. The van der Waals surface area contributed by atoms with Gasteiger partial charge in [0.15, 0.2) is 11.5 Å². The minimum Gasteiger partial charge on any atom is -0.481 e. The molecule has 0 aliphatic heterocycles. The van der Waals surface area contributed by atoms with Crippen LogP contribution in [0.15, 0.2) is 30.7 Å². The van der Waals surface area contributed by atoms with Crippen LogP contribution >= 0.6 is 0 Å². The van der Waals surface area contributed by atoms with Gasteiger partial charge in [-0.3, -0.25) is 0 Å². The van der Waals surface area contributed by atoms with Crippen molar-refractivity contribution in [3.8, 4) is 5.88 Å². The number of hydrogen-bond donors (Lipinski definition) is 1. The van der Waals surface area contributed by atoms with Crippen LogP contribution in [0, 0.1) is 0 Å². The molecule has 3 aromatic heterocycles. The van der Waals surface area contributed by atoms with E-state index < -0.39 is 18.0 Å². The van der Waals surface area contributed by atoms with Crippen molar-refractivity contribution in [2.45, 2.75) is 38.8 Å². The molecule has 6 nitrogen and oxygen atoms in total. The van der Waals surface area contributed by atoms with Crippen LogP contribution < -0.4 is 10.1 Å². The molecule has 0 aliphatic carbocycles. The topological polar surface area (TPSA) is 72.8 Å². The predicted octanol–water partition coefficient (Wildman–Crippen LogP) is 4.75. The third-order valence-electron chi connectivity index (χ3n) is 4.27. The highest BCUT2D eigenvalue weighted by atomic mass is 19.3. The number of methoxy groups -OCH3 is 1. The Morgan fingerprint density at radius 2 is 1.82 bits per heavy atom. The number of fused-ring (bicyclic) bond motifs is 1. The van der Waals surface area contributed by atoms with Gasteiger partial charge in [0, 0.05) is 24.5 Å². The molecule has 1 N–H and O–H groups in total. The van der Waals surface area contributed by atoms with Gasteiger partial charge in [0.2, 0.25) is 12.3 Å². The summed E-state index contributed by atoms with van der Waals surface area (Å²) in [6.07, 6.45) is 1.77. The molecule has 3 rings (SSSR count). The molecule has 0 saturated carbocycles. The summed E-state index contributed by atoms with van der Waals surface area (Å²) in [5, 5.41) is 4.02. The van der Waals surface area contributed by atoms with Crippen LogP contribution in [0.2, 0.25) is 0 Å². The first kappa shape index (κ1) is 19.8. The molecule has 0 bridgehead atoms. The maximum Gasteiger partial charge on any atom is 0.245 e. The summed E-state index contributed by atoms with van der Waals surface area (Å²) in [6.45, 7) is 4.15. The molecular formula is C19H20F3N5O. The van der Waals surface area contributed by atoms with Gasteiger partial charge in [-0.2, -0.15) is 0 Å². The van der Waals surface area contributed by atoms with E-state index in [1.807, 2.05) is 0 Å². The van der Waals surface area contributed by atoms with Crippen LogP contribution in [0.3, 0.4) is 0 Å². The van der Waals surface area contributed by atoms with E-state index in [1.165, 1.54) is 46.5 Å². The Balaban J connectivity index is 2.05. The average Bonchev–Trinajstić information content (AvgIpc) is 2.66. The van der Waals surface area contributed by atoms with Crippen LogP contribution in [0.25, 0.3) is 10.8 Å². The highest BCUT2D eigenvalue weighted by Gasteiger charge is 2.23. The average molecular weight is 391 g/mol. The van der Waals surface area contributed by atoms with Gasteiger partial charge in [0.05, 0.1) is 12.5 Å². The number of pyridine rings is 2. The van der Waals surface area contributed by atoms with Crippen molar-refractivity contribution in [3.05, 3.63) is 42.1 Å². The Kier molecular flexibility index (Phi) is 5.35. The lowest BCUT2D eigenvalue weighted by atomic mass is 9.98. The zero-order valence-electron chi connectivity index (χ0n) is 15.9. The summed E-state index contributed by atoms with van der Waals surface area (Å²) in [5.41, 5.74) is -1.32. The van der Waals surface area contributed by atoms with Crippen LogP contribution in [-0.2, 0) is 5.67 Å². The van der Waals surface area contributed by atoms with E-state index in [9.17, 15) is 13.2 Å². The number of hydrogen-bond acceptors (Lipinski definition) is 6. The lowest BCUT2D eigenvalue weighted by Crippen LogP contribution is -2.14. The standard InChI is InChI=1S/C19H20F3N5O/c1-10(16(20)21)12-8-25-17(28-4)13-9-24-15(7-11(12)13)26-14-5-6-23-18(27-14)19(2,3)22/h5-10,16H,1-4H3,(H,23,24,26,27)/t10-/m1/s1. The summed E-state index contributed by atoms with van der Waals surface area (Å²) < 4.78 is 45.9. The molecule has 0 saturated heterocycles. The van der Waals surface area contributed by atoms with Crippen molar-refractivity contribution >= 4 is 22.4 Å². The summed E-state index contributed by atoms with van der Waals surface area (Å²) >= 11 is 0. The molecule has 0 fully saturated rings. The zero-order chi connectivity index (χ0) is 20.5. The number of aromatic nitrogens is 4. The lowest BCUT2D eigenvalue weighted by Gasteiger charge is -2.16. The first-order chi connectivity index (χ1) is 13.2. The lowest BCUT2D eigenvalue weighted by molar-refractivity contribution is 0.121. The molecule has 0 aromatic carbocycles. The van der Waals surface area contributed by atoms with Gasteiger partial charge in [0.25, 0.3) is 0 Å². The Morgan fingerprint density at radius 1 is 1.07 bits per heavy atom. The first-order valence-electron chi connectivity index (χ1n) is 8.61. The molecule has 0 spiro atoms. The van der Waals surface area contributed by atoms with E-state index >= 15 is 0 Å². The van der Waals surface area contributed by atoms with Crippen molar-refractivity contribution in [3.63, 3.8) is 0 Å². The van der Waals surface area contributed by atoms with E-state index in [2.05, 4.69) is 25.3 Å². The Hall–Kier alpha value is -2.97. The van der Waals surface area contributed by atoms with Crippen LogP contribution in [-0.4, -0.2) is 33.5 Å². The van der Waals surface area contributed by atoms with Gasteiger partial charge >= 0.3 is 0 Å². The second-order valence-corrected chi connectivity index (χ2v) is 6.82. The van der Waals surface area contributed by atoms with Gasteiger partial charge in [-0.25, -0.2) is 33.1 Å². The second kappa shape index (κ2) is 7.57. The van der Waals surface area contributed by atoms with E-state index in [0.717, 1.165) is 0 Å². The maximum atomic E-state index is 14.1. The largest absolute Gasteiger partial charge is 0.481 e. The fraction of sp³-hybridized carbons (Fsp3) is 0.368. The number of ether oxygens (including phenoxy) is 1. The molecule has 28 heavy (non-hydrogen) atoms. The normalized spacial score (nSPS) is 13.0. The van der Waals surface area contributed by atoms with Gasteiger partial charge in [-0.15, -0.1) is 0 Å². The molecule has 3 aromatic rings. The minimum absolute atomic E-state index is 0.0242. The van der Waals surface area contributed by atoms with Crippen molar-refractivity contribution in [2.24, 2.45) is 0 Å². The molecule has 0 aliphatic rings. The Bertz CT molecular complexity index is 991. The summed E-state index contributed by atoms with van der Waals surface area (Å²) in [6, 6.07) is 3.19. The minimum atomic E-state index is -2.54. The number of nitrogens with zero attached hydrogens (tertiary/aromatic N) is 4. The van der Waals surface area contributed by atoms with Crippen LogP contribution in [0.1, 0.15) is 38.1 Å². The van der Waals surface area contributed by atoms with Crippen molar-refractivity contribution < 1.29 is 17.9 Å².